The molecule has 0 radical (unpaired) electrons. The molecule has 42 heavy (non-hydrogen) atoms. The highest BCUT2D eigenvalue weighted by atomic mass is 35.5. The van der Waals surface area contributed by atoms with E-state index in [2.05, 4.69) is 5.32 Å². The number of hydrogen-bond acceptors (Lipinski definition) is 4. The number of rotatable bonds is 11. The summed E-state index contributed by atoms with van der Waals surface area (Å²) in [6.07, 6.45) is 0.176. The molecular weight excluding hydrogens is 577 g/mol. The Balaban J connectivity index is 1.79. The summed E-state index contributed by atoms with van der Waals surface area (Å²) in [5.41, 5.74) is 2.32. The number of sulfonamides is 1. The van der Waals surface area contributed by atoms with Crippen LogP contribution in [0.5, 0.6) is 0 Å². The number of likely N-dealkylation sites (N-methyl/N-ethyl adjacent to an activating group) is 1. The minimum Gasteiger partial charge on any atom is -0.357 e. The second kappa shape index (κ2) is 13.6. The molecule has 0 aliphatic carbocycles. The number of nitrogens with zero attached hydrogens (tertiary/aromatic N) is 2. The third kappa shape index (κ3) is 7.35. The van der Waals surface area contributed by atoms with E-state index in [0.29, 0.717) is 10.6 Å². The van der Waals surface area contributed by atoms with Crippen molar-refractivity contribution in [1.82, 2.24) is 10.2 Å². The van der Waals surface area contributed by atoms with Gasteiger partial charge in [-0.3, -0.25) is 13.9 Å². The van der Waals surface area contributed by atoms with Gasteiger partial charge in [-0.25, -0.2) is 12.8 Å². The first-order valence-electron chi connectivity index (χ1n) is 13.2. The smallest absolute Gasteiger partial charge is 0.264 e. The van der Waals surface area contributed by atoms with Gasteiger partial charge in [-0.05, 0) is 60.0 Å². The van der Waals surface area contributed by atoms with Gasteiger partial charge in [0.15, 0.2) is 0 Å². The largest absolute Gasteiger partial charge is 0.357 e. The Bertz CT molecular complexity index is 1640. The summed E-state index contributed by atoms with van der Waals surface area (Å²) in [4.78, 5) is 28.8. The highest BCUT2D eigenvalue weighted by Crippen LogP contribution is 2.29. The van der Waals surface area contributed by atoms with Gasteiger partial charge in [0.05, 0.1) is 10.6 Å². The van der Waals surface area contributed by atoms with Crippen LogP contribution in [0.1, 0.15) is 16.7 Å². The molecule has 4 aromatic rings. The van der Waals surface area contributed by atoms with Crippen LogP contribution in [0.25, 0.3) is 0 Å². The van der Waals surface area contributed by atoms with Crippen LogP contribution in [0.4, 0.5) is 10.1 Å². The molecule has 0 spiro atoms. The Hall–Kier alpha value is -4.21. The topological polar surface area (TPSA) is 86.8 Å². The molecule has 0 saturated carbocycles. The van der Waals surface area contributed by atoms with Crippen LogP contribution >= 0.6 is 11.6 Å². The zero-order valence-corrected chi connectivity index (χ0v) is 24.8. The Morgan fingerprint density at radius 3 is 2.10 bits per heavy atom. The normalized spacial score (nSPS) is 11.9. The minimum absolute atomic E-state index is 0.00767. The first-order valence-corrected chi connectivity index (χ1v) is 15.1. The number of amides is 2. The molecule has 0 bridgehead atoms. The van der Waals surface area contributed by atoms with E-state index in [4.69, 9.17) is 11.6 Å². The third-order valence-corrected chi connectivity index (χ3v) is 9.03. The van der Waals surface area contributed by atoms with Crippen molar-refractivity contribution in [2.75, 3.05) is 17.9 Å². The SMILES string of the molecule is CNC(=O)[C@@H](Cc1ccccc1)N(Cc1ccc(F)cc1)C(=O)CN(c1ccc(C)c(Cl)c1)S(=O)(=O)c1ccccc1. The van der Waals surface area contributed by atoms with E-state index < -0.39 is 40.2 Å². The summed E-state index contributed by atoms with van der Waals surface area (Å²) in [6, 6.07) is 26.3. The van der Waals surface area contributed by atoms with Gasteiger partial charge in [0.25, 0.3) is 10.0 Å². The van der Waals surface area contributed by atoms with Gasteiger partial charge in [-0.1, -0.05) is 78.3 Å². The highest BCUT2D eigenvalue weighted by molar-refractivity contribution is 7.92. The number of nitrogens with one attached hydrogen (secondary N) is 1. The average Bonchev–Trinajstić information content (AvgIpc) is 3.00. The summed E-state index contributed by atoms with van der Waals surface area (Å²) in [5, 5.41) is 2.96. The molecule has 0 unspecified atom stereocenters. The van der Waals surface area contributed by atoms with Crippen LogP contribution in [0.2, 0.25) is 5.02 Å². The van der Waals surface area contributed by atoms with E-state index in [-0.39, 0.29) is 23.5 Å². The van der Waals surface area contributed by atoms with Crippen LogP contribution in [0, 0.1) is 12.7 Å². The summed E-state index contributed by atoms with van der Waals surface area (Å²) >= 11 is 6.37. The Kier molecular flexibility index (Phi) is 9.98. The van der Waals surface area contributed by atoms with Crippen LogP contribution < -0.4 is 9.62 Å². The first-order chi connectivity index (χ1) is 20.1. The van der Waals surface area contributed by atoms with Crippen molar-refractivity contribution in [3.63, 3.8) is 0 Å². The quantitative estimate of drug-likeness (QED) is 0.248. The number of benzene rings is 4. The Morgan fingerprint density at radius 2 is 1.50 bits per heavy atom. The molecule has 0 saturated heterocycles. The molecule has 0 aliphatic rings. The van der Waals surface area contributed by atoms with Crippen molar-refractivity contribution in [1.29, 1.82) is 0 Å². The summed E-state index contributed by atoms with van der Waals surface area (Å²) < 4.78 is 42.5. The molecule has 0 fully saturated rings. The Labute approximate surface area is 250 Å². The number of aryl methyl sites for hydroxylation is 1. The lowest BCUT2D eigenvalue weighted by atomic mass is 10.0. The van der Waals surface area contributed by atoms with E-state index in [9.17, 15) is 22.4 Å². The molecule has 1 atom stereocenters. The van der Waals surface area contributed by atoms with E-state index >= 15 is 0 Å². The van der Waals surface area contributed by atoms with Gasteiger partial charge < -0.3 is 10.2 Å². The predicted molar refractivity (Wildman–Crippen MR) is 162 cm³/mol. The molecule has 218 valence electrons. The standard InChI is InChI=1S/C32H31ClFN3O4S/c1-23-13-18-27(20-29(23)33)37(42(40,41)28-11-7-4-8-12-28)22-31(38)36(21-25-14-16-26(34)17-15-25)30(32(39)35-2)19-24-9-5-3-6-10-24/h3-18,20,30H,19,21-22H2,1-2H3,(H,35,39)/t30-/m1/s1. The zero-order valence-electron chi connectivity index (χ0n) is 23.2. The molecule has 7 nitrogen and oxygen atoms in total. The molecule has 4 aromatic carbocycles. The van der Waals surface area contributed by atoms with E-state index in [0.717, 1.165) is 15.4 Å². The van der Waals surface area contributed by atoms with E-state index in [1.807, 2.05) is 30.3 Å². The first kappa shape index (κ1) is 30.7. The minimum atomic E-state index is -4.22. The van der Waals surface area contributed by atoms with Crippen molar-refractivity contribution < 1.29 is 22.4 Å². The molecule has 1 N–H and O–H groups in total. The van der Waals surface area contributed by atoms with E-state index in [1.165, 1.54) is 54.4 Å². The molecule has 0 aliphatic heterocycles. The maximum absolute atomic E-state index is 14.2. The number of carbonyl (C=O) groups excluding carboxylic acids is 2. The lowest BCUT2D eigenvalue weighted by molar-refractivity contribution is -0.139. The zero-order chi connectivity index (χ0) is 30.3. The lowest BCUT2D eigenvalue weighted by Crippen LogP contribution is -2.53. The van der Waals surface area contributed by atoms with Crippen molar-refractivity contribution in [2.45, 2.75) is 30.8 Å². The van der Waals surface area contributed by atoms with Crippen molar-refractivity contribution in [3.05, 3.63) is 131 Å². The van der Waals surface area contributed by atoms with Gasteiger partial charge in [0.1, 0.15) is 18.4 Å². The molecular formula is C32H31ClFN3O4S. The van der Waals surface area contributed by atoms with E-state index in [1.54, 1.807) is 37.3 Å². The number of hydrogen-bond donors (Lipinski definition) is 1. The fourth-order valence-electron chi connectivity index (χ4n) is 4.49. The van der Waals surface area contributed by atoms with Gasteiger partial charge in [0, 0.05) is 25.0 Å². The summed E-state index contributed by atoms with van der Waals surface area (Å²) in [6.45, 7) is 1.12. The number of halogens is 2. The highest BCUT2D eigenvalue weighted by Gasteiger charge is 2.34. The fraction of sp³-hybridized carbons (Fsp3) is 0.188. The molecule has 4 rings (SSSR count). The molecule has 0 aromatic heterocycles. The maximum Gasteiger partial charge on any atom is 0.264 e. The maximum atomic E-state index is 14.2. The van der Waals surface area contributed by atoms with Crippen LogP contribution in [-0.2, 0) is 32.6 Å². The van der Waals surface area contributed by atoms with Gasteiger partial charge in [-0.2, -0.15) is 0 Å². The van der Waals surface area contributed by atoms with Crippen molar-refractivity contribution in [2.24, 2.45) is 0 Å². The molecule has 2 amide bonds. The van der Waals surface area contributed by atoms with Gasteiger partial charge >= 0.3 is 0 Å². The van der Waals surface area contributed by atoms with Crippen molar-refractivity contribution in [3.8, 4) is 0 Å². The monoisotopic (exact) mass is 607 g/mol. The van der Waals surface area contributed by atoms with Crippen LogP contribution in [-0.4, -0.2) is 44.8 Å². The van der Waals surface area contributed by atoms with Gasteiger partial charge in [0.2, 0.25) is 11.8 Å². The fourth-order valence-corrected chi connectivity index (χ4v) is 6.09. The molecule has 0 heterocycles. The second-order valence-electron chi connectivity index (χ2n) is 9.73. The van der Waals surface area contributed by atoms with Crippen LogP contribution in [0.3, 0.4) is 0 Å². The van der Waals surface area contributed by atoms with Crippen molar-refractivity contribution >= 4 is 39.1 Å². The third-order valence-electron chi connectivity index (χ3n) is 6.84. The van der Waals surface area contributed by atoms with Gasteiger partial charge in [-0.15, -0.1) is 0 Å². The molecule has 10 heteroatoms. The summed E-state index contributed by atoms with van der Waals surface area (Å²) in [7, 11) is -2.75. The Morgan fingerprint density at radius 1 is 0.881 bits per heavy atom. The van der Waals surface area contributed by atoms with Crippen LogP contribution in [0.15, 0.2) is 108 Å². The second-order valence-corrected chi connectivity index (χ2v) is 12.0. The predicted octanol–water partition coefficient (Wildman–Crippen LogP) is 5.37. The lowest BCUT2D eigenvalue weighted by Gasteiger charge is -2.33. The average molecular weight is 608 g/mol. The summed E-state index contributed by atoms with van der Waals surface area (Å²) in [5.74, 6) is -1.50. The number of carbonyl (C=O) groups is 2. The number of anilines is 1.